The SMILES string of the molecule is O=C(O)C1(NCC(F)(F)F)CCNCC1. The Bertz CT molecular complexity index is 237. The number of halogens is 3. The van der Waals surface area contributed by atoms with E-state index in [2.05, 4.69) is 10.6 Å². The molecule has 0 aromatic rings. The van der Waals surface area contributed by atoms with E-state index in [-0.39, 0.29) is 12.8 Å². The molecular formula is C8H13F3N2O2. The van der Waals surface area contributed by atoms with E-state index in [9.17, 15) is 18.0 Å². The number of rotatable bonds is 3. The zero-order chi connectivity index (χ0) is 11.5. The van der Waals surface area contributed by atoms with Gasteiger partial charge < -0.3 is 10.4 Å². The largest absolute Gasteiger partial charge is 0.480 e. The van der Waals surface area contributed by atoms with E-state index in [4.69, 9.17) is 5.11 Å². The molecule has 3 N–H and O–H groups in total. The highest BCUT2D eigenvalue weighted by molar-refractivity contribution is 5.79. The molecule has 1 saturated heterocycles. The van der Waals surface area contributed by atoms with Crippen molar-refractivity contribution >= 4 is 5.97 Å². The summed E-state index contributed by atoms with van der Waals surface area (Å²) in [4.78, 5) is 10.9. The molecule has 0 aromatic heterocycles. The van der Waals surface area contributed by atoms with Gasteiger partial charge in [-0.05, 0) is 25.9 Å². The van der Waals surface area contributed by atoms with Crippen LogP contribution in [0.5, 0.6) is 0 Å². The topological polar surface area (TPSA) is 61.4 Å². The predicted molar refractivity (Wildman–Crippen MR) is 46.5 cm³/mol. The van der Waals surface area contributed by atoms with Gasteiger partial charge in [0.25, 0.3) is 0 Å². The van der Waals surface area contributed by atoms with E-state index in [0.29, 0.717) is 13.1 Å². The molecule has 0 spiro atoms. The number of carbonyl (C=O) groups is 1. The number of hydrogen-bond acceptors (Lipinski definition) is 3. The van der Waals surface area contributed by atoms with Gasteiger partial charge in [0.15, 0.2) is 0 Å². The summed E-state index contributed by atoms with van der Waals surface area (Å²) in [6.07, 6.45) is -4.05. The number of hydrogen-bond donors (Lipinski definition) is 3. The molecule has 1 aliphatic heterocycles. The number of nitrogens with one attached hydrogen (secondary N) is 2. The van der Waals surface area contributed by atoms with E-state index in [1.165, 1.54) is 0 Å². The highest BCUT2D eigenvalue weighted by atomic mass is 19.4. The molecule has 0 bridgehead atoms. The van der Waals surface area contributed by atoms with Crippen LogP contribution < -0.4 is 10.6 Å². The first kappa shape index (κ1) is 12.3. The van der Waals surface area contributed by atoms with Crippen LogP contribution in [0.25, 0.3) is 0 Å². The van der Waals surface area contributed by atoms with Crippen molar-refractivity contribution in [1.29, 1.82) is 0 Å². The maximum atomic E-state index is 12.0. The Kier molecular flexibility index (Phi) is 3.56. The molecular weight excluding hydrogens is 213 g/mol. The molecule has 7 heteroatoms. The maximum absolute atomic E-state index is 12.0. The van der Waals surface area contributed by atoms with E-state index < -0.39 is 24.2 Å². The van der Waals surface area contributed by atoms with Gasteiger partial charge in [-0.1, -0.05) is 0 Å². The van der Waals surface area contributed by atoms with Crippen molar-refractivity contribution in [2.45, 2.75) is 24.6 Å². The summed E-state index contributed by atoms with van der Waals surface area (Å²) < 4.78 is 35.9. The monoisotopic (exact) mass is 226 g/mol. The fourth-order valence-corrected chi connectivity index (χ4v) is 1.59. The Morgan fingerprint density at radius 3 is 2.33 bits per heavy atom. The van der Waals surface area contributed by atoms with Gasteiger partial charge in [-0.2, -0.15) is 13.2 Å². The minimum absolute atomic E-state index is 0.165. The molecule has 1 aliphatic rings. The van der Waals surface area contributed by atoms with Gasteiger partial charge in [0.05, 0.1) is 6.54 Å². The van der Waals surface area contributed by atoms with E-state index >= 15 is 0 Å². The second-order valence-corrected chi connectivity index (χ2v) is 3.61. The molecule has 4 nitrogen and oxygen atoms in total. The normalized spacial score (nSPS) is 21.3. The molecule has 88 valence electrons. The summed E-state index contributed by atoms with van der Waals surface area (Å²) in [6, 6.07) is 0. The zero-order valence-electron chi connectivity index (χ0n) is 8.02. The highest BCUT2D eigenvalue weighted by Gasteiger charge is 2.42. The quantitative estimate of drug-likeness (QED) is 0.649. The van der Waals surface area contributed by atoms with Crippen LogP contribution in [-0.2, 0) is 4.79 Å². The Hall–Kier alpha value is -0.820. The average molecular weight is 226 g/mol. The lowest BCUT2D eigenvalue weighted by Gasteiger charge is -2.34. The zero-order valence-corrected chi connectivity index (χ0v) is 8.02. The second-order valence-electron chi connectivity index (χ2n) is 3.61. The Labute approximate surface area is 84.8 Å². The lowest BCUT2D eigenvalue weighted by molar-refractivity contribution is -0.151. The first-order valence-corrected chi connectivity index (χ1v) is 4.62. The molecule has 0 unspecified atom stereocenters. The smallest absolute Gasteiger partial charge is 0.401 e. The summed E-state index contributed by atoms with van der Waals surface area (Å²) in [5.41, 5.74) is -1.43. The van der Waals surface area contributed by atoms with Crippen LogP contribution >= 0.6 is 0 Å². The number of aliphatic carboxylic acids is 1. The molecule has 1 rings (SSSR count). The van der Waals surface area contributed by atoms with Crippen LogP contribution in [0, 0.1) is 0 Å². The van der Waals surface area contributed by atoms with Crippen LogP contribution in [-0.4, -0.2) is 42.4 Å². The Balaban J connectivity index is 2.61. The van der Waals surface area contributed by atoms with Crippen LogP contribution in [0.15, 0.2) is 0 Å². The number of piperidine rings is 1. The van der Waals surface area contributed by atoms with E-state index in [1.807, 2.05) is 0 Å². The number of carboxylic acid groups (broad SMARTS) is 1. The van der Waals surface area contributed by atoms with E-state index in [1.54, 1.807) is 0 Å². The third-order valence-electron chi connectivity index (χ3n) is 2.49. The van der Waals surface area contributed by atoms with Gasteiger partial charge in [-0.25, -0.2) is 0 Å². The third kappa shape index (κ3) is 3.35. The average Bonchev–Trinajstić information content (AvgIpc) is 2.15. The molecule has 0 radical (unpaired) electrons. The van der Waals surface area contributed by atoms with Crippen LogP contribution in [0.4, 0.5) is 13.2 Å². The fourth-order valence-electron chi connectivity index (χ4n) is 1.59. The summed E-state index contributed by atoms with van der Waals surface area (Å²) in [7, 11) is 0. The van der Waals surface area contributed by atoms with Crippen molar-refractivity contribution in [2.75, 3.05) is 19.6 Å². The van der Waals surface area contributed by atoms with Crippen molar-refractivity contribution < 1.29 is 23.1 Å². The van der Waals surface area contributed by atoms with Crippen LogP contribution in [0.3, 0.4) is 0 Å². The minimum Gasteiger partial charge on any atom is -0.480 e. The van der Waals surface area contributed by atoms with Crippen LogP contribution in [0.2, 0.25) is 0 Å². The Morgan fingerprint density at radius 2 is 1.93 bits per heavy atom. The third-order valence-corrected chi connectivity index (χ3v) is 2.49. The summed E-state index contributed by atoms with van der Waals surface area (Å²) in [5.74, 6) is -1.21. The van der Waals surface area contributed by atoms with Crippen molar-refractivity contribution in [3.8, 4) is 0 Å². The molecule has 0 amide bonds. The van der Waals surface area contributed by atoms with Crippen molar-refractivity contribution in [3.63, 3.8) is 0 Å². The number of alkyl halides is 3. The number of carboxylic acids is 1. The summed E-state index contributed by atoms with van der Waals surface area (Å²) in [5, 5.41) is 13.9. The van der Waals surface area contributed by atoms with Gasteiger partial charge in [-0.15, -0.1) is 0 Å². The molecule has 0 aliphatic carbocycles. The van der Waals surface area contributed by atoms with Crippen molar-refractivity contribution in [2.24, 2.45) is 0 Å². The van der Waals surface area contributed by atoms with Gasteiger partial charge >= 0.3 is 12.1 Å². The van der Waals surface area contributed by atoms with Crippen LogP contribution in [0.1, 0.15) is 12.8 Å². The first-order valence-electron chi connectivity index (χ1n) is 4.62. The summed E-state index contributed by atoms with van der Waals surface area (Å²) >= 11 is 0. The molecule has 0 aromatic carbocycles. The lowest BCUT2D eigenvalue weighted by atomic mass is 9.88. The molecule has 1 fully saturated rings. The van der Waals surface area contributed by atoms with Gasteiger partial charge in [0.1, 0.15) is 5.54 Å². The van der Waals surface area contributed by atoms with Gasteiger partial charge in [0, 0.05) is 0 Å². The standard InChI is InChI=1S/C8H13F3N2O2/c9-8(10,11)5-13-7(6(14)15)1-3-12-4-2-7/h12-13H,1-5H2,(H,14,15). The highest BCUT2D eigenvalue weighted by Crippen LogP contribution is 2.21. The predicted octanol–water partition coefficient (Wildman–Crippen LogP) is 0.345. The molecule has 15 heavy (non-hydrogen) atoms. The summed E-state index contributed by atoms with van der Waals surface area (Å²) in [6.45, 7) is -0.437. The molecule has 0 atom stereocenters. The molecule has 1 heterocycles. The lowest BCUT2D eigenvalue weighted by Crippen LogP contribution is -2.59. The molecule has 0 saturated carbocycles. The second kappa shape index (κ2) is 4.36. The fraction of sp³-hybridized carbons (Fsp3) is 0.875. The Morgan fingerprint density at radius 1 is 1.40 bits per heavy atom. The maximum Gasteiger partial charge on any atom is 0.401 e. The van der Waals surface area contributed by atoms with Crippen molar-refractivity contribution in [3.05, 3.63) is 0 Å². The minimum atomic E-state index is -4.38. The van der Waals surface area contributed by atoms with Gasteiger partial charge in [0.2, 0.25) is 0 Å². The van der Waals surface area contributed by atoms with E-state index in [0.717, 1.165) is 0 Å². The van der Waals surface area contributed by atoms with Crippen molar-refractivity contribution in [1.82, 2.24) is 10.6 Å². The first-order chi connectivity index (χ1) is 6.86. The van der Waals surface area contributed by atoms with Gasteiger partial charge in [-0.3, -0.25) is 10.1 Å².